The third kappa shape index (κ3) is 5.89. The number of hydrogen-bond donors (Lipinski definition) is 1. The zero-order chi connectivity index (χ0) is 12.5. The van der Waals surface area contributed by atoms with Crippen LogP contribution in [0.15, 0.2) is 19.0 Å². The van der Waals surface area contributed by atoms with Gasteiger partial charge >= 0.3 is 0 Å². The van der Waals surface area contributed by atoms with E-state index in [2.05, 4.69) is 35.8 Å². The molecule has 0 aliphatic heterocycles. The van der Waals surface area contributed by atoms with E-state index in [4.69, 9.17) is 0 Å². The van der Waals surface area contributed by atoms with Gasteiger partial charge in [-0.2, -0.15) is 16.9 Å². The molecule has 5 heteroatoms. The van der Waals surface area contributed by atoms with Crippen LogP contribution >= 0.6 is 11.8 Å². The second-order valence-electron chi connectivity index (χ2n) is 4.29. The summed E-state index contributed by atoms with van der Waals surface area (Å²) in [5.41, 5.74) is 0. The summed E-state index contributed by atoms with van der Waals surface area (Å²) in [6.07, 6.45) is 3.57. The van der Waals surface area contributed by atoms with Crippen LogP contribution in [0, 0.1) is 5.92 Å². The highest BCUT2D eigenvalue weighted by Gasteiger charge is 2.05. The largest absolute Gasteiger partial charge is 0.309 e. The molecule has 1 heterocycles. The van der Waals surface area contributed by atoms with Crippen LogP contribution in [0.5, 0.6) is 0 Å². The fourth-order valence-electron chi connectivity index (χ4n) is 1.43. The molecule has 1 aromatic heterocycles. The molecule has 0 amide bonds. The molecule has 1 rings (SSSR count). The van der Waals surface area contributed by atoms with Crippen LogP contribution in [0.2, 0.25) is 0 Å². The molecule has 0 aliphatic rings. The van der Waals surface area contributed by atoms with Gasteiger partial charge in [-0.3, -0.25) is 0 Å². The fourth-order valence-corrected chi connectivity index (χ4v) is 2.06. The summed E-state index contributed by atoms with van der Waals surface area (Å²) in [5, 5.41) is 7.61. The highest BCUT2D eigenvalue weighted by atomic mass is 32.2. The third-order valence-corrected chi connectivity index (χ3v) is 3.14. The van der Waals surface area contributed by atoms with Gasteiger partial charge < -0.3 is 5.32 Å². The van der Waals surface area contributed by atoms with Crippen molar-refractivity contribution in [2.24, 2.45) is 5.92 Å². The van der Waals surface area contributed by atoms with Gasteiger partial charge in [0.2, 0.25) is 0 Å². The quantitative estimate of drug-likeness (QED) is 0.540. The molecule has 0 atom stereocenters. The van der Waals surface area contributed by atoms with Crippen molar-refractivity contribution in [1.29, 1.82) is 0 Å². The highest BCUT2D eigenvalue weighted by Crippen LogP contribution is 2.01. The SMILES string of the molecule is C=CCSCCNCc1ncnn1CC(C)C. The smallest absolute Gasteiger partial charge is 0.140 e. The van der Waals surface area contributed by atoms with Gasteiger partial charge in [0.25, 0.3) is 0 Å². The van der Waals surface area contributed by atoms with Crippen molar-refractivity contribution in [2.45, 2.75) is 26.9 Å². The van der Waals surface area contributed by atoms with Gasteiger partial charge in [-0.05, 0) is 5.92 Å². The minimum absolute atomic E-state index is 0.596. The maximum Gasteiger partial charge on any atom is 0.140 e. The van der Waals surface area contributed by atoms with Crippen LogP contribution in [-0.2, 0) is 13.1 Å². The average Bonchev–Trinajstić information content (AvgIpc) is 2.70. The number of nitrogens with zero attached hydrogens (tertiary/aromatic N) is 3. The fraction of sp³-hybridized carbons (Fsp3) is 0.667. The Balaban J connectivity index is 2.22. The van der Waals surface area contributed by atoms with Crippen molar-refractivity contribution < 1.29 is 0 Å². The monoisotopic (exact) mass is 254 g/mol. The van der Waals surface area contributed by atoms with Crippen LogP contribution in [0.1, 0.15) is 19.7 Å². The van der Waals surface area contributed by atoms with Crippen LogP contribution in [0.25, 0.3) is 0 Å². The van der Waals surface area contributed by atoms with E-state index < -0.39 is 0 Å². The Labute approximate surface area is 108 Å². The minimum Gasteiger partial charge on any atom is -0.309 e. The maximum atomic E-state index is 4.27. The average molecular weight is 254 g/mol. The highest BCUT2D eigenvalue weighted by molar-refractivity contribution is 7.99. The summed E-state index contributed by atoms with van der Waals surface area (Å²) in [6.45, 7) is 10.8. The predicted molar refractivity (Wildman–Crippen MR) is 74.1 cm³/mol. The zero-order valence-electron chi connectivity index (χ0n) is 10.7. The Morgan fingerprint density at radius 1 is 1.59 bits per heavy atom. The third-order valence-electron chi connectivity index (χ3n) is 2.18. The second-order valence-corrected chi connectivity index (χ2v) is 5.44. The lowest BCUT2D eigenvalue weighted by Crippen LogP contribution is -2.21. The van der Waals surface area contributed by atoms with Crippen LogP contribution in [-0.4, -0.2) is 32.8 Å². The molecule has 0 aromatic carbocycles. The lowest BCUT2D eigenvalue weighted by Gasteiger charge is -2.09. The molecule has 0 bridgehead atoms. The van der Waals surface area contributed by atoms with E-state index in [1.165, 1.54) is 0 Å². The van der Waals surface area contributed by atoms with Crippen LogP contribution in [0.3, 0.4) is 0 Å². The molecule has 4 nitrogen and oxygen atoms in total. The molecule has 0 saturated carbocycles. The number of thioether (sulfide) groups is 1. The molecular weight excluding hydrogens is 232 g/mol. The van der Waals surface area contributed by atoms with Gasteiger partial charge in [0.15, 0.2) is 0 Å². The van der Waals surface area contributed by atoms with Gasteiger partial charge in [0.05, 0.1) is 6.54 Å². The molecule has 96 valence electrons. The zero-order valence-corrected chi connectivity index (χ0v) is 11.5. The van der Waals surface area contributed by atoms with Gasteiger partial charge in [0.1, 0.15) is 12.2 Å². The van der Waals surface area contributed by atoms with E-state index in [1.807, 2.05) is 22.5 Å². The summed E-state index contributed by atoms with van der Waals surface area (Å²) in [7, 11) is 0. The number of nitrogens with one attached hydrogen (secondary N) is 1. The standard InChI is InChI=1S/C12H22N4S/c1-4-6-17-7-5-13-8-12-14-10-15-16(12)9-11(2)3/h4,10-11,13H,1,5-9H2,2-3H3. The minimum atomic E-state index is 0.596. The van der Waals surface area contributed by atoms with E-state index in [-0.39, 0.29) is 0 Å². The van der Waals surface area contributed by atoms with Crippen molar-refractivity contribution in [2.75, 3.05) is 18.1 Å². The summed E-state index contributed by atoms with van der Waals surface area (Å²) in [4.78, 5) is 4.27. The van der Waals surface area contributed by atoms with E-state index in [0.717, 1.165) is 37.0 Å². The summed E-state index contributed by atoms with van der Waals surface area (Å²) in [5.74, 6) is 3.74. The lowest BCUT2D eigenvalue weighted by molar-refractivity contribution is 0.459. The van der Waals surface area contributed by atoms with E-state index in [1.54, 1.807) is 6.33 Å². The summed E-state index contributed by atoms with van der Waals surface area (Å²) < 4.78 is 1.98. The molecule has 0 radical (unpaired) electrons. The van der Waals surface area contributed by atoms with Crippen LogP contribution in [0.4, 0.5) is 0 Å². The molecule has 0 saturated heterocycles. The molecule has 1 aromatic rings. The topological polar surface area (TPSA) is 42.7 Å². The number of rotatable bonds is 9. The van der Waals surface area contributed by atoms with Gasteiger partial charge in [-0.1, -0.05) is 19.9 Å². The van der Waals surface area contributed by atoms with E-state index in [0.29, 0.717) is 5.92 Å². The molecule has 0 unspecified atom stereocenters. The molecule has 17 heavy (non-hydrogen) atoms. The van der Waals surface area contributed by atoms with Crippen molar-refractivity contribution >= 4 is 11.8 Å². The van der Waals surface area contributed by atoms with E-state index >= 15 is 0 Å². The Hall–Kier alpha value is -0.810. The Bertz CT molecular complexity index is 322. The first kappa shape index (κ1) is 14.3. The van der Waals surface area contributed by atoms with E-state index in [9.17, 15) is 0 Å². The van der Waals surface area contributed by atoms with Crippen LogP contribution < -0.4 is 5.32 Å². The summed E-state index contributed by atoms with van der Waals surface area (Å²) >= 11 is 1.88. The maximum absolute atomic E-state index is 4.27. The number of hydrogen-bond acceptors (Lipinski definition) is 4. The van der Waals surface area contributed by atoms with Gasteiger partial charge in [-0.15, -0.1) is 6.58 Å². The number of aromatic nitrogens is 3. The second kappa shape index (κ2) is 8.31. The molecule has 1 N–H and O–H groups in total. The summed E-state index contributed by atoms with van der Waals surface area (Å²) in [6, 6.07) is 0. The molecule has 0 aliphatic carbocycles. The first-order valence-electron chi connectivity index (χ1n) is 6.00. The van der Waals surface area contributed by atoms with Gasteiger partial charge in [-0.25, -0.2) is 9.67 Å². The van der Waals surface area contributed by atoms with Crippen molar-refractivity contribution in [1.82, 2.24) is 20.1 Å². The van der Waals surface area contributed by atoms with Crippen molar-refractivity contribution in [3.63, 3.8) is 0 Å². The predicted octanol–water partition coefficient (Wildman–Crippen LogP) is 1.94. The lowest BCUT2D eigenvalue weighted by atomic mass is 10.2. The Morgan fingerprint density at radius 2 is 2.41 bits per heavy atom. The molecule has 0 fully saturated rings. The van der Waals surface area contributed by atoms with Gasteiger partial charge in [0, 0.05) is 24.6 Å². The Kier molecular flexibility index (Phi) is 6.96. The normalized spacial score (nSPS) is 11.0. The molecular formula is C12H22N4S. The first-order chi connectivity index (χ1) is 8.24. The first-order valence-corrected chi connectivity index (χ1v) is 7.15. The Morgan fingerprint density at radius 3 is 3.12 bits per heavy atom. The molecule has 0 spiro atoms. The van der Waals surface area contributed by atoms with Crippen molar-refractivity contribution in [3.8, 4) is 0 Å². The van der Waals surface area contributed by atoms with Crippen molar-refractivity contribution in [3.05, 3.63) is 24.8 Å².